The number of thiophene rings is 1. The van der Waals surface area contributed by atoms with Crippen LogP contribution >= 0.6 is 11.3 Å². The summed E-state index contributed by atoms with van der Waals surface area (Å²) >= 11 is 1.69. The molecule has 0 unspecified atom stereocenters. The molecule has 144 valence electrons. The van der Waals surface area contributed by atoms with Gasteiger partial charge in [-0.1, -0.05) is 6.92 Å². The quantitative estimate of drug-likeness (QED) is 0.860. The maximum atomic E-state index is 12.5. The van der Waals surface area contributed by atoms with E-state index in [0.29, 0.717) is 6.54 Å². The first-order valence-corrected chi connectivity index (χ1v) is 10.8. The van der Waals surface area contributed by atoms with Crippen LogP contribution in [0.4, 0.5) is 0 Å². The third kappa shape index (κ3) is 3.90. The first kappa shape index (κ1) is 18.5. The minimum absolute atomic E-state index is 0.000850. The van der Waals surface area contributed by atoms with Crippen LogP contribution in [0.2, 0.25) is 0 Å². The van der Waals surface area contributed by atoms with E-state index in [0.717, 1.165) is 56.6 Å². The van der Waals surface area contributed by atoms with Crippen LogP contribution in [-0.4, -0.2) is 36.0 Å². The Morgan fingerprint density at radius 1 is 1.26 bits per heavy atom. The molecule has 1 spiro atoms. The van der Waals surface area contributed by atoms with Gasteiger partial charge < -0.3 is 15.0 Å². The zero-order valence-electron chi connectivity index (χ0n) is 16.2. The molecular weight excluding hydrogens is 356 g/mol. The van der Waals surface area contributed by atoms with E-state index in [1.807, 2.05) is 18.2 Å². The molecule has 0 saturated carbocycles. The van der Waals surface area contributed by atoms with E-state index in [1.54, 1.807) is 11.3 Å². The minimum atomic E-state index is -0.0119. The Morgan fingerprint density at radius 2 is 2.07 bits per heavy atom. The number of piperidine rings is 1. The van der Waals surface area contributed by atoms with Crippen LogP contribution in [0, 0.1) is 6.92 Å². The third-order valence-electron chi connectivity index (χ3n) is 6.09. The highest BCUT2D eigenvalue weighted by Crippen LogP contribution is 2.39. The SMILES string of the molecule is CCN1CCC2(CCc3cc(C(=O)NCc4sccc4C)ccc3O2)CC1. The van der Waals surface area contributed by atoms with Crippen LogP contribution in [0.15, 0.2) is 29.6 Å². The lowest BCUT2D eigenvalue weighted by atomic mass is 9.83. The summed E-state index contributed by atoms with van der Waals surface area (Å²) < 4.78 is 6.47. The summed E-state index contributed by atoms with van der Waals surface area (Å²) in [7, 11) is 0. The molecule has 3 heterocycles. The summed E-state index contributed by atoms with van der Waals surface area (Å²) in [5.74, 6) is 0.957. The molecule has 2 aliphatic heterocycles. The molecule has 1 amide bonds. The molecule has 2 aromatic rings. The van der Waals surface area contributed by atoms with Crippen molar-refractivity contribution in [3.63, 3.8) is 0 Å². The van der Waals surface area contributed by atoms with Gasteiger partial charge in [0.15, 0.2) is 0 Å². The normalized spacial score (nSPS) is 18.7. The van der Waals surface area contributed by atoms with Gasteiger partial charge in [0.1, 0.15) is 11.4 Å². The monoisotopic (exact) mass is 384 g/mol. The second-order valence-corrected chi connectivity index (χ2v) is 8.75. The number of fused-ring (bicyclic) bond motifs is 1. The van der Waals surface area contributed by atoms with Crippen LogP contribution < -0.4 is 10.1 Å². The van der Waals surface area contributed by atoms with E-state index in [2.05, 4.69) is 35.5 Å². The van der Waals surface area contributed by atoms with Gasteiger partial charge in [0, 0.05) is 23.5 Å². The fourth-order valence-electron chi connectivity index (χ4n) is 4.14. The molecule has 1 aromatic carbocycles. The molecular formula is C22H28N2O2S. The fourth-order valence-corrected chi connectivity index (χ4v) is 4.98. The van der Waals surface area contributed by atoms with Crippen molar-refractivity contribution in [2.24, 2.45) is 0 Å². The number of nitrogens with zero attached hydrogens (tertiary/aromatic N) is 1. The Kier molecular flexibility index (Phi) is 5.24. The Bertz CT molecular complexity index is 821. The minimum Gasteiger partial charge on any atom is -0.487 e. The number of benzene rings is 1. The van der Waals surface area contributed by atoms with E-state index < -0.39 is 0 Å². The lowest BCUT2D eigenvalue weighted by Crippen LogP contribution is -2.49. The van der Waals surface area contributed by atoms with E-state index in [1.165, 1.54) is 16.0 Å². The summed E-state index contributed by atoms with van der Waals surface area (Å²) in [6, 6.07) is 7.99. The second-order valence-electron chi connectivity index (χ2n) is 7.75. The van der Waals surface area contributed by atoms with E-state index in [4.69, 9.17) is 4.74 Å². The first-order valence-electron chi connectivity index (χ1n) is 9.94. The number of carbonyl (C=O) groups excluding carboxylic acids is 1. The van der Waals surface area contributed by atoms with Gasteiger partial charge in [-0.25, -0.2) is 0 Å². The topological polar surface area (TPSA) is 41.6 Å². The Hall–Kier alpha value is -1.85. The summed E-state index contributed by atoms with van der Waals surface area (Å²) in [5, 5.41) is 5.11. The summed E-state index contributed by atoms with van der Waals surface area (Å²) in [5.41, 5.74) is 3.12. The Morgan fingerprint density at radius 3 is 2.78 bits per heavy atom. The highest BCUT2D eigenvalue weighted by Gasteiger charge is 2.39. The van der Waals surface area contributed by atoms with Gasteiger partial charge in [-0.05, 0) is 79.9 Å². The Balaban J connectivity index is 1.41. The molecule has 5 heteroatoms. The van der Waals surface area contributed by atoms with Crippen molar-refractivity contribution in [1.82, 2.24) is 10.2 Å². The van der Waals surface area contributed by atoms with Crippen LogP contribution in [0.25, 0.3) is 0 Å². The maximum absolute atomic E-state index is 12.5. The van der Waals surface area contributed by atoms with Gasteiger partial charge in [-0.3, -0.25) is 4.79 Å². The van der Waals surface area contributed by atoms with Crippen molar-refractivity contribution in [3.05, 3.63) is 51.2 Å². The number of hydrogen-bond acceptors (Lipinski definition) is 4. The zero-order valence-corrected chi connectivity index (χ0v) is 17.0. The van der Waals surface area contributed by atoms with E-state index in [9.17, 15) is 4.79 Å². The first-order chi connectivity index (χ1) is 13.1. The Labute approximate surface area is 165 Å². The fraction of sp³-hybridized carbons (Fsp3) is 0.500. The van der Waals surface area contributed by atoms with Crippen molar-refractivity contribution >= 4 is 17.2 Å². The predicted octanol–water partition coefficient (Wildman–Crippen LogP) is 4.17. The van der Waals surface area contributed by atoms with Gasteiger partial charge in [-0.2, -0.15) is 0 Å². The zero-order chi connectivity index (χ0) is 18.9. The molecule has 4 nitrogen and oxygen atoms in total. The molecule has 1 N–H and O–H groups in total. The highest BCUT2D eigenvalue weighted by molar-refractivity contribution is 7.10. The van der Waals surface area contributed by atoms with Crippen molar-refractivity contribution < 1.29 is 9.53 Å². The number of rotatable bonds is 4. The van der Waals surface area contributed by atoms with Gasteiger partial charge in [0.25, 0.3) is 5.91 Å². The van der Waals surface area contributed by atoms with Gasteiger partial charge >= 0.3 is 0 Å². The molecule has 27 heavy (non-hydrogen) atoms. The predicted molar refractivity (Wildman–Crippen MR) is 110 cm³/mol. The standard InChI is InChI=1S/C22H28N2O2S/c1-3-24-11-9-22(10-12-24)8-6-17-14-18(4-5-19(17)26-22)21(25)23-15-20-16(2)7-13-27-20/h4-5,7,13-14H,3,6,8-12,15H2,1-2H3,(H,23,25). The number of ether oxygens (including phenoxy) is 1. The van der Waals surface area contributed by atoms with Crippen LogP contribution in [0.5, 0.6) is 5.75 Å². The third-order valence-corrected chi connectivity index (χ3v) is 7.11. The highest BCUT2D eigenvalue weighted by atomic mass is 32.1. The largest absolute Gasteiger partial charge is 0.487 e. The number of aryl methyl sites for hydroxylation is 2. The van der Waals surface area contributed by atoms with Crippen LogP contribution in [0.1, 0.15) is 52.5 Å². The number of carbonyl (C=O) groups is 1. The summed E-state index contributed by atoms with van der Waals surface area (Å²) in [6.07, 6.45) is 4.25. The van der Waals surface area contributed by atoms with Crippen LogP contribution in [0.3, 0.4) is 0 Å². The number of amides is 1. The van der Waals surface area contributed by atoms with Crippen molar-refractivity contribution in [3.8, 4) is 5.75 Å². The van der Waals surface area contributed by atoms with E-state index in [-0.39, 0.29) is 11.5 Å². The van der Waals surface area contributed by atoms with Gasteiger partial charge in [-0.15, -0.1) is 11.3 Å². The van der Waals surface area contributed by atoms with Crippen molar-refractivity contribution in [2.75, 3.05) is 19.6 Å². The molecule has 0 aliphatic carbocycles. The summed E-state index contributed by atoms with van der Waals surface area (Å²) in [6.45, 7) is 8.25. The smallest absolute Gasteiger partial charge is 0.251 e. The molecule has 0 atom stereocenters. The lowest BCUT2D eigenvalue weighted by Gasteiger charge is -2.44. The second kappa shape index (κ2) is 7.64. The average molecular weight is 385 g/mol. The molecule has 1 saturated heterocycles. The number of hydrogen-bond donors (Lipinski definition) is 1. The molecule has 0 radical (unpaired) electrons. The maximum Gasteiger partial charge on any atom is 0.251 e. The van der Waals surface area contributed by atoms with Crippen molar-refractivity contribution in [1.29, 1.82) is 0 Å². The number of nitrogens with one attached hydrogen (secondary N) is 1. The van der Waals surface area contributed by atoms with Gasteiger partial charge in [0.2, 0.25) is 0 Å². The van der Waals surface area contributed by atoms with Gasteiger partial charge in [0.05, 0.1) is 6.54 Å². The number of likely N-dealkylation sites (tertiary alicyclic amines) is 1. The van der Waals surface area contributed by atoms with Crippen molar-refractivity contribution in [2.45, 2.75) is 51.7 Å². The molecule has 4 rings (SSSR count). The lowest BCUT2D eigenvalue weighted by molar-refractivity contribution is -0.0132. The van der Waals surface area contributed by atoms with Crippen LogP contribution in [-0.2, 0) is 13.0 Å². The molecule has 1 fully saturated rings. The molecule has 1 aromatic heterocycles. The summed E-state index contributed by atoms with van der Waals surface area (Å²) in [4.78, 5) is 16.3. The molecule has 2 aliphatic rings. The van der Waals surface area contributed by atoms with E-state index >= 15 is 0 Å². The molecule has 0 bridgehead atoms. The average Bonchev–Trinajstić information content (AvgIpc) is 3.11.